The van der Waals surface area contributed by atoms with Crippen molar-refractivity contribution in [1.29, 1.82) is 0 Å². The number of nitrogens with one attached hydrogen (secondary N) is 2. The molecule has 0 amide bonds. The van der Waals surface area contributed by atoms with Crippen LogP contribution in [0.15, 0.2) is 73.2 Å². The molecule has 2 N–H and O–H groups in total. The average Bonchev–Trinajstić information content (AvgIpc) is 3.14. The summed E-state index contributed by atoms with van der Waals surface area (Å²) in [6, 6.07) is 20.2. The molecule has 162 valence electrons. The summed E-state index contributed by atoms with van der Waals surface area (Å²) >= 11 is 0. The zero-order chi connectivity index (χ0) is 21.9. The summed E-state index contributed by atoms with van der Waals surface area (Å²) in [5.74, 6) is 2.10. The summed E-state index contributed by atoms with van der Waals surface area (Å²) in [5.41, 5.74) is 4.92. The summed E-state index contributed by atoms with van der Waals surface area (Å²) in [6.07, 6.45) is 3.66. The molecule has 0 bridgehead atoms. The third-order valence-corrected chi connectivity index (χ3v) is 5.45. The molecule has 32 heavy (non-hydrogen) atoms. The topological polar surface area (TPSA) is 73.2 Å². The van der Waals surface area contributed by atoms with Crippen LogP contribution < -0.4 is 20.1 Å². The summed E-state index contributed by atoms with van der Waals surface area (Å²) in [6.45, 7) is 3.41. The van der Waals surface area contributed by atoms with Crippen molar-refractivity contribution in [3.05, 3.63) is 90.0 Å². The molecule has 1 aliphatic heterocycles. The summed E-state index contributed by atoms with van der Waals surface area (Å²) < 4.78 is 13.9. The van der Waals surface area contributed by atoms with E-state index in [0.717, 1.165) is 47.0 Å². The molecule has 5 rings (SSSR count). The largest absolute Gasteiger partial charge is 0.494 e. The minimum atomic E-state index is -0.0850. The maximum absolute atomic E-state index is 6.30. The van der Waals surface area contributed by atoms with Crippen molar-refractivity contribution in [2.75, 3.05) is 19.0 Å². The number of ether oxygens (including phenoxy) is 2. The summed E-state index contributed by atoms with van der Waals surface area (Å²) in [5, 5.41) is 6.82. The van der Waals surface area contributed by atoms with Gasteiger partial charge >= 0.3 is 0 Å². The monoisotopic (exact) mass is 427 g/mol. The molecular formula is C25H25N5O2. The Balaban J connectivity index is 1.39. The number of rotatable bonds is 5. The SMILES string of the molecule is COc1cc(Nc2ccc3c(n2)O[C@H](c2ccccc2)CNC3)ccc1-n1cnc(C)c1. The lowest BCUT2D eigenvalue weighted by Gasteiger charge is -2.17. The Morgan fingerprint density at radius 2 is 2.00 bits per heavy atom. The van der Waals surface area contributed by atoms with E-state index in [2.05, 4.69) is 27.8 Å². The highest BCUT2D eigenvalue weighted by Crippen LogP contribution is 2.31. The first-order chi connectivity index (χ1) is 15.7. The van der Waals surface area contributed by atoms with E-state index in [0.29, 0.717) is 11.7 Å². The third kappa shape index (κ3) is 4.15. The standard InChI is InChI=1S/C25H25N5O2/c1-17-15-30(16-27-17)21-10-9-20(12-22(21)31-2)28-24-11-8-19-13-26-14-23(32-25(19)29-24)18-6-4-3-5-7-18/h3-12,15-16,23,26H,13-14H2,1-2H3,(H,28,29)/t23-/m0/s1. The number of pyridine rings is 1. The summed E-state index contributed by atoms with van der Waals surface area (Å²) in [7, 11) is 1.66. The Labute approximate surface area is 187 Å². The maximum atomic E-state index is 6.30. The van der Waals surface area contributed by atoms with Crippen LogP contribution in [0.2, 0.25) is 0 Å². The van der Waals surface area contributed by atoms with E-state index in [-0.39, 0.29) is 6.10 Å². The average molecular weight is 428 g/mol. The van der Waals surface area contributed by atoms with Crippen molar-refractivity contribution in [2.24, 2.45) is 0 Å². The molecule has 4 aromatic rings. The van der Waals surface area contributed by atoms with E-state index in [1.807, 2.05) is 66.2 Å². The Morgan fingerprint density at radius 1 is 1.12 bits per heavy atom. The lowest BCUT2D eigenvalue weighted by Crippen LogP contribution is -2.21. The van der Waals surface area contributed by atoms with Gasteiger partial charge in [-0.2, -0.15) is 4.98 Å². The molecule has 0 fully saturated rings. The molecule has 0 saturated heterocycles. The van der Waals surface area contributed by atoms with Crippen LogP contribution in [0.5, 0.6) is 11.6 Å². The molecule has 1 atom stereocenters. The van der Waals surface area contributed by atoms with Gasteiger partial charge in [0.1, 0.15) is 17.7 Å². The number of hydrogen-bond donors (Lipinski definition) is 2. The number of aryl methyl sites for hydroxylation is 1. The van der Waals surface area contributed by atoms with Crippen molar-refractivity contribution in [2.45, 2.75) is 19.6 Å². The number of imidazole rings is 1. The van der Waals surface area contributed by atoms with E-state index in [9.17, 15) is 0 Å². The molecule has 7 heteroatoms. The zero-order valence-electron chi connectivity index (χ0n) is 18.1. The normalized spacial score (nSPS) is 15.4. The fourth-order valence-electron chi connectivity index (χ4n) is 3.81. The highest BCUT2D eigenvalue weighted by Gasteiger charge is 2.20. The fraction of sp³-hybridized carbons (Fsp3) is 0.200. The Morgan fingerprint density at radius 3 is 2.78 bits per heavy atom. The van der Waals surface area contributed by atoms with Gasteiger partial charge in [0, 0.05) is 36.6 Å². The van der Waals surface area contributed by atoms with E-state index >= 15 is 0 Å². The van der Waals surface area contributed by atoms with Crippen LogP contribution in [0.4, 0.5) is 11.5 Å². The highest BCUT2D eigenvalue weighted by atomic mass is 16.5. The van der Waals surface area contributed by atoms with Gasteiger partial charge in [0.15, 0.2) is 0 Å². The third-order valence-electron chi connectivity index (χ3n) is 5.45. The number of hydrogen-bond acceptors (Lipinski definition) is 6. The molecule has 0 unspecified atom stereocenters. The van der Waals surface area contributed by atoms with Gasteiger partial charge in [-0.1, -0.05) is 30.3 Å². The molecule has 2 aromatic carbocycles. The molecule has 3 heterocycles. The van der Waals surface area contributed by atoms with Crippen LogP contribution in [0.25, 0.3) is 5.69 Å². The van der Waals surface area contributed by atoms with Gasteiger partial charge in [-0.25, -0.2) is 4.98 Å². The van der Waals surface area contributed by atoms with Crippen LogP contribution in [-0.2, 0) is 6.54 Å². The van der Waals surface area contributed by atoms with Gasteiger partial charge in [-0.05, 0) is 36.8 Å². The molecule has 0 saturated carbocycles. The van der Waals surface area contributed by atoms with E-state index < -0.39 is 0 Å². The van der Waals surface area contributed by atoms with Gasteiger partial charge in [0.25, 0.3) is 0 Å². The molecule has 0 radical (unpaired) electrons. The lowest BCUT2D eigenvalue weighted by atomic mass is 10.1. The first-order valence-electron chi connectivity index (χ1n) is 10.6. The molecule has 2 aromatic heterocycles. The zero-order valence-corrected chi connectivity index (χ0v) is 18.1. The Kier molecular flexibility index (Phi) is 5.47. The lowest BCUT2D eigenvalue weighted by molar-refractivity contribution is 0.202. The smallest absolute Gasteiger partial charge is 0.220 e. The van der Waals surface area contributed by atoms with Gasteiger partial charge in [-0.3, -0.25) is 0 Å². The van der Waals surface area contributed by atoms with Crippen molar-refractivity contribution >= 4 is 11.5 Å². The number of anilines is 2. The van der Waals surface area contributed by atoms with Crippen LogP contribution in [0, 0.1) is 6.92 Å². The van der Waals surface area contributed by atoms with Gasteiger partial charge in [-0.15, -0.1) is 0 Å². The van der Waals surface area contributed by atoms with Gasteiger partial charge < -0.3 is 24.7 Å². The van der Waals surface area contributed by atoms with Crippen LogP contribution in [0.3, 0.4) is 0 Å². The highest BCUT2D eigenvalue weighted by molar-refractivity contribution is 5.63. The second-order valence-corrected chi connectivity index (χ2v) is 7.74. The quantitative estimate of drug-likeness (QED) is 0.487. The van der Waals surface area contributed by atoms with Crippen molar-refractivity contribution in [3.8, 4) is 17.3 Å². The van der Waals surface area contributed by atoms with Gasteiger partial charge in [0.05, 0.1) is 24.8 Å². The van der Waals surface area contributed by atoms with Crippen LogP contribution in [0.1, 0.15) is 22.9 Å². The number of nitrogens with zero attached hydrogens (tertiary/aromatic N) is 3. The maximum Gasteiger partial charge on any atom is 0.220 e. The molecular weight excluding hydrogens is 402 g/mol. The van der Waals surface area contributed by atoms with E-state index in [1.54, 1.807) is 13.4 Å². The van der Waals surface area contributed by atoms with Crippen molar-refractivity contribution in [3.63, 3.8) is 0 Å². The molecule has 0 aliphatic carbocycles. The van der Waals surface area contributed by atoms with E-state index in [4.69, 9.17) is 14.5 Å². The summed E-state index contributed by atoms with van der Waals surface area (Å²) in [4.78, 5) is 9.05. The van der Waals surface area contributed by atoms with Crippen LogP contribution in [-0.4, -0.2) is 28.2 Å². The number of benzene rings is 2. The molecule has 7 nitrogen and oxygen atoms in total. The minimum Gasteiger partial charge on any atom is -0.494 e. The van der Waals surface area contributed by atoms with Crippen molar-refractivity contribution < 1.29 is 9.47 Å². The fourth-order valence-corrected chi connectivity index (χ4v) is 3.81. The predicted octanol–water partition coefficient (Wildman–Crippen LogP) is 4.55. The molecule has 1 aliphatic rings. The Bertz CT molecular complexity index is 1220. The minimum absolute atomic E-state index is 0.0850. The van der Waals surface area contributed by atoms with Crippen molar-refractivity contribution in [1.82, 2.24) is 19.9 Å². The number of fused-ring (bicyclic) bond motifs is 1. The Hall–Kier alpha value is -3.84. The van der Waals surface area contributed by atoms with E-state index in [1.165, 1.54) is 0 Å². The number of methoxy groups -OCH3 is 1. The second-order valence-electron chi connectivity index (χ2n) is 7.74. The number of aromatic nitrogens is 3. The van der Waals surface area contributed by atoms with Crippen LogP contribution >= 0.6 is 0 Å². The van der Waals surface area contributed by atoms with Gasteiger partial charge in [0.2, 0.25) is 5.88 Å². The second kappa shape index (κ2) is 8.72. The first-order valence-corrected chi connectivity index (χ1v) is 10.6. The molecule has 0 spiro atoms. The predicted molar refractivity (Wildman–Crippen MR) is 124 cm³/mol. The first kappa shape index (κ1) is 20.1.